The highest BCUT2D eigenvalue weighted by atomic mass is 16.5. The van der Waals surface area contributed by atoms with Gasteiger partial charge in [-0.3, -0.25) is 0 Å². The summed E-state index contributed by atoms with van der Waals surface area (Å²) in [5.74, 6) is 0.880. The van der Waals surface area contributed by atoms with Crippen LogP contribution in [0, 0.1) is 5.41 Å². The average Bonchev–Trinajstić information content (AvgIpc) is 2.52. The molecule has 4 N–H and O–H groups in total. The third-order valence-electron chi connectivity index (χ3n) is 4.14. The first-order chi connectivity index (χ1) is 11.3. The van der Waals surface area contributed by atoms with Gasteiger partial charge in [0, 0.05) is 11.4 Å². The summed E-state index contributed by atoms with van der Waals surface area (Å²) < 4.78 is 5.82. The van der Waals surface area contributed by atoms with Gasteiger partial charge in [-0.2, -0.15) is 0 Å². The minimum atomic E-state index is 0.0708. The number of nitrogens with two attached hydrogens (primary N) is 2. The van der Waals surface area contributed by atoms with Gasteiger partial charge < -0.3 is 16.2 Å². The molecule has 3 nitrogen and oxygen atoms in total. The maximum absolute atomic E-state index is 5.97. The number of ether oxygens (including phenoxy) is 1. The molecule has 0 aliphatic carbocycles. The Morgan fingerprint density at radius 3 is 2.29 bits per heavy atom. The van der Waals surface area contributed by atoms with Crippen molar-refractivity contribution in [1.82, 2.24) is 0 Å². The highest BCUT2D eigenvalue weighted by Crippen LogP contribution is 2.32. The van der Waals surface area contributed by atoms with Crippen LogP contribution in [-0.4, -0.2) is 6.61 Å². The Kier molecular flexibility index (Phi) is 5.55. The van der Waals surface area contributed by atoms with Crippen LogP contribution in [0.2, 0.25) is 0 Å². The van der Waals surface area contributed by atoms with Gasteiger partial charge >= 0.3 is 0 Å². The Bertz CT molecular complexity index is 697. The first-order valence-electron chi connectivity index (χ1n) is 8.34. The summed E-state index contributed by atoms with van der Waals surface area (Å²) in [5.41, 5.74) is 16.6. The lowest BCUT2D eigenvalue weighted by Crippen LogP contribution is -2.07. The summed E-state index contributed by atoms with van der Waals surface area (Å²) in [4.78, 5) is 0. The maximum Gasteiger partial charge on any atom is 0.119 e. The van der Waals surface area contributed by atoms with Crippen LogP contribution in [0.4, 0.5) is 11.4 Å². The fourth-order valence-corrected chi connectivity index (χ4v) is 2.48. The van der Waals surface area contributed by atoms with Crippen LogP contribution in [0.3, 0.4) is 0 Å². The number of anilines is 2. The second kappa shape index (κ2) is 7.43. The van der Waals surface area contributed by atoms with Gasteiger partial charge in [-0.25, -0.2) is 0 Å². The molecule has 0 aliphatic rings. The van der Waals surface area contributed by atoms with Crippen LogP contribution >= 0.6 is 0 Å². The van der Waals surface area contributed by atoms with Crippen molar-refractivity contribution in [3.8, 4) is 5.75 Å². The van der Waals surface area contributed by atoms with Crippen molar-refractivity contribution in [2.24, 2.45) is 5.41 Å². The fourth-order valence-electron chi connectivity index (χ4n) is 2.48. The van der Waals surface area contributed by atoms with Gasteiger partial charge in [0.25, 0.3) is 0 Å². The Hall–Kier alpha value is -2.42. The molecule has 3 heteroatoms. The van der Waals surface area contributed by atoms with E-state index in [-0.39, 0.29) is 5.41 Å². The monoisotopic (exact) mass is 324 g/mol. The number of hydrogen-bond donors (Lipinski definition) is 2. The van der Waals surface area contributed by atoms with E-state index in [1.807, 2.05) is 24.3 Å². The zero-order valence-corrected chi connectivity index (χ0v) is 14.9. The molecular formula is C21H28N2O. The van der Waals surface area contributed by atoms with Crippen molar-refractivity contribution < 1.29 is 4.74 Å². The number of nitrogen functional groups attached to an aromatic ring is 2. The average molecular weight is 324 g/mol. The highest BCUT2D eigenvalue weighted by molar-refractivity contribution is 5.67. The molecule has 0 aromatic heterocycles. The molecule has 24 heavy (non-hydrogen) atoms. The Morgan fingerprint density at radius 1 is 1.04 bits per heavy atom. The Labute approximate surface area is 145 Å². The van der Waals surface area contributed by atoms with Gasteiger partial charge in [-0.05, 0) is 59.2 Å². The van der Waals surface area contributed by atoms with E-state index >= 15 is 0 Å². The molecule has 0 spiro atoms. The van der Waals surface area contributed by atoms with Gasteiger partial charge in [0.1, 0.15) is 5.75 Å². The van der Waals surface area contributed by atoms with Gasteiger partial charge in [0.2, 0.25) is 0 Å². The topological polar surface area (TPSA) is 61.3 Å². The lowest BCUT2D eigenvalue weighted by molar-refractivity contribution is 0.311. The van der Waals surface area contributed by atoms with Crippen molar-refractivity contribution in [1.29, 1.82) is 0 Å². The zero-order chi connectivity index (χ0) is 17.7. The fraction of sp³-hybridized carbons (Fsp3) is 0.333. The normalized spacial score (nSPS) is 11.3. The van der Waals surface area contributed by atoms with E-state index < -0.39 is 0 Å². The minimum absolute atomic E-state index is 0.0708. The Morgan fingerprint density at radius 2 is 1.71 bits per heavy atom. The van der Waals surface area contributed by atoms with E-state index in [0.717, 1.165) is 41.0 Å². The van der Waals surface area contributed by atoms with Gasteiger partial charge in [-0.1, -0.05) is 45.5 Å². The van der Waals surface area contributed by atoms with Crippen LogP contribution in [0.1, 0.15) is 38.3 Å². The molecule has 0 bridgehead atoms. The molecule has 0 amide bonds. The molecule has 0 atom stereocenters. The number of rotatable bonds is 6. The molecule has 0 saturated carbocycles. The van der Waals surface area contributed by atoms with Gasteiger partial charge in [0.15, 0.2) is 0 Å². The molecule has 0 radical (unpaired) electrons. The van der Waals surface area contributed by atoms with E-state index in [2.05, 4.69) is 39.5 Å². The smallest absolute Gasteiger partial charge is 0.119 e. The van der Waals surface area contributed by atoms with Crippen molar-refractivity contribution in [3.05, 3.63) is 60.2 Å². The van der Waals surface area contributed by atoms with E-state index in [0.29, 0.717) is 12.3 Å². The predicted octanol–water partition coefficient (Wildman–Crippen LogP) is 4.92. The lowest BCUT2D eigenvalue weighted by atomic mass is 9.83. The summed E-state index contributed by atoms with van der Waals surface area (Å²) in [6.45, 7) is 11.4. The van der Waals surface area contributed by atoms with E-state index in [4.69, 9.17) is 16.2 Å². The van der Waals surface area contributed by atoms with Crippen LogP contribution in [0.15, 0.2) is 49.0 Å². The number of hydrogen-bond acceptors (Lipinski definition) is 3. The maximum atomic E-state index is 5.97. The van der Waals surface area contributed by atoms with Crippen LogP contribution in [0.5, 0.6) is 5.75 Å². The second-order valence-electron chi connectivity index (χ2n) is 7.16. The summed E-state index contributed by atoms with van der Waals surface area (Å²) in [7, 11) is 0. The molecule has 2 aromatic rings. The molecule has 0 unspecified atom stereocenters. The molecule has 2 rings (SSSR count). The lowest BCUT2D eigenvalue weighted by Gasteiger charge is -2.22. The molecule has 0 heterocycles. The quantitative estimate of drug-likeness (QED) is 0.585. The molecular weight excluding hydrogens is 296 g/mol. The standard InChI is InChI=1S/C21H28N2O/c1-15(21(2,3)4)16-8-11-19(12-9-16)24-13-5-6-17-7-10-18(22)14-20(17)23/h7-12,14H,1,5-6,13,22-23H2,2-4H3. The summed E-state index contributed by atoms with van der Waals surface area (Å²) in [6.07, 6.45) is 1.79. The number of benzene rings is 2. The second-order valence-corrected chi connectivity index (χ2v) is 7.16. The van der Waals surface area contributed by atoms with Gasteiger partial charge in [0.05, 0.1) is 6.61 Å². The van der Waals surface area contributed by atoms with E-state index in [1.165, 1.54) is 0 Å². The Balaban J connectivity index is 1.83. The molecule has 0 fully saturated rings. The summed E-state index contributed by atoms with van der Waals surface area (Å²) >= 11 is 0. The minimum Gasteiger partial charge on any atom is -0.494 e. The molecule has 0 aliphatic heterocycles. The molecule has 128 valence electrons. The molecule has 0 saturated heterocycles. The van der Waals surface area contributed by atoms with Crippen molar-refractivity contribution >= 4 is 16.9 Å². The first kappa shape index (κ1) is 17.9. The van der Waals surface area contributed by atoms with Crippen molar-refractivity contribution in [3.63, 3.8) is 0 Å². The van der Waals surface area contributed by atoms with Crippen LogP contribution in [-0.2, 0) is 6.42 Å². The summed E-state index contributed by atoms with van der Waals surface area (Å²) in [5, 5.41) is 0. The van der Waals surface area contributed by atoms with Crippen molar-refractivity contribution in [2.45, 2.75) is 33.6 Å². The van der Waals surface area contributed by atoms with Crippen molar-refractivity contribution in [2.75, 3.05) is 18.1 Å². The predicted molar refractivity (Wildman–Crippen MR) is 104 cm³/mol. The number of allylic oxidation sites excluding steroid dienone is 1. The third-order valence-corrected chi connectivity index (χ3v) is 4.14. The molecule has 2 aromatic carbocycles. The van der Waals surface area contributed by atoms with E-state index in [9.17, 15) is 0 Å². The largest absolute Gasteiger partial charge is 0.494 e. The summed E-state index contributed by atoms with van der Waals surface area (Å²) in [6, 6.07) is 13.8. The van der Waals surface area contributed by atoms with Crippen LogP contribution in [0.25, 0.3) is 5.57 Å². The van der Waals surface area contributed by atoms with Gasteiger partial charge in [-0.15, -0.1) is 0 Å². The van der Waals surface area contributed by atoms with Crippen LogP contribution < -0.4 is 16.2 Å². The SMILES string of the molecule is C=C(c1ccc(OCCCc2ccc(N)cc2N)cc1)C(C)(C)C. The highest BCUT2D eigenvalue weighted by Gasteiger charge is 2.16. The third kappa shape index (κ3) is 4.79. The first-order valence-corrected chi connectivity index (χ1v) is 8.34. The number of aryl methyl sites for hydroxylation is 1. The van der Waals surface area contributed by atoms with E-state index in [1.54, 1.807) is 6.07 Å². The zero-order valence-electron chi connectivity index (χ0n) is 14.9.